The van der Waals surface area contributed by atoms with Crippen molar-refractivity contribution in [3.8, 4) is 0 Å². The molecule has 3 heterocycles. The molecule has 5 nitrogen and oxygen atoms in total. The quantitative estimate of drug-likeness (QED) is 0.335. The lowest BCUT2D eigenvalue weighted by Crippen LogP contribution is -2.42. The molecule has 1 aromatic rings. The van der Waals surface area contributed by atoms with E-state index >= 15 is 0 Å². The van der Waals surface area contributed by atoms with Crippen LogP contribution in [0.3, 0.4) is 0 Å². The summed E-state index contributed by atoms with van der Waals surface area (Å²) in [6.07, 6.45) is 2.67. The Hall–Kier alpha value is -0.0300. The molecule has 0 radical (unpaired) electrons. The standard InChI is InChI=1S/C18H30N4OS2.HI/c1-2-19-18(20-13-15-5-3-11-24-15)21-14-16(17-6-4-12-25-17)22-7-9-23-10-8-22;/h4,6,12,15-16H,2-3,5,7-11,13-14H2,1H3,(H2,19,20,21);1H. The molecule has 8 heteroatoms. The van der Waals surface area contributed by atoms with Crippen LogP contribution >= 0.6 is 47.1 Å². The number of hydrogen-bond donors (Lipinski definition) is 2. The van der Waals surface area contributed by atoms with E-state index in [2.05, 4.69) is 51.7 Å². The molecule has 2 fully saturated rings. The van der Waals surface area contributed by atoms with Crippen LogP contribution in [0.2, 0.25) is 0 Å². The van der Waals surface area contributed by atoms with Gasteiger partial charge in [0.15, 0.2) is 5.96 Å². The second kappa shape index (κ2) is 12.4. The van der Waals surface area contributed by atoms with E-state index in [4.69, 9.17) is 9.73 Å². The topological polar surface area (TPSA) is 48.9 Å². The summed E-state index contributed by atoms with van der Waals surface area (Å²) in [5.41, 5.74) is 0. The number of morpholine rings is 1. The summed E-state index contributed by atoms with van der Waals surface area (Å²) < 4.78 is 5.53. The highest BCUT2D eigenvalue weighted by atomic mass is 127. The van der Waals surface area contributed by atoms with Crippen LogP contribution in [-0.4, -0.2) is 67.8 Å². The third-order valence-corrected chi connectivity index (χ3v) is 7.02. The van der Waals surface area contributed by atoms with Crippen molar-refractivity contribution in [3.63, 3.8) is 0 Å². The molecule has 2 unspecified atom stereocenters. The van der Waals surface area contributed by atoms with E-state index < -0.39 is 0 Å². The van der Waals surface area contributed by atoms with Crippen LogP contribution < -0.4 is 10.6 Å². The molecule has 3 rings (SSSR count). The third-order valence-electron chi connectivity index (χ3n) is 4.65. The monoisotopic (exact) mass is 510 g/mol. The van der Waals surface area contributed by atoms with Crippen LogP contribution in [-0.2, 0) is 4.74 Å². The molecule has 2 N–H and O–H groups in total. The summed E-state index contributed by atoms with van der Waals surface area (Å²) in [7, 11) is 0. The normalized spacial score (nSPS) is 22.7. The first kappa shape index (κ1) is 22.3. The minimum Gasteiger partial charge on any atom is -0.379 e. The Labute approximate surface area is 182 Å². The van der Waals surface area contributed by atoms with Crippen molar-refractivity contribution >= 4 is 53.0 Å². The van der Waals surface area contributed by atoms with E-state index in [-0.39, 0.29) is 24.0 Å². The fourth-order valence-corrected chi connectivity index (χ4v) is 5.34. The maximum absolute atomic E-state index is 5.53. The van der Waals surface area contributed by atoms with Gasteiger partial charge in [-0.05, 0) is 37.0 Å². The molecule has 0 saturated carbocycles. The van der Waals surface area contributed by atoms with Gasteiger partial charge in [0.1, 0.15) is 0 Å². The molecule has 0 aliphatic carbocycles. The van der Waals surface area contributed by atoms with Crippen LogP contribution in [0.1, 0.15) is 30.7 Å². The van der Waals surface area contributed by atoms with Gasteiger partial charge in [-0.25, -0.2) is 0 Å². The van der Waals surface area contributed by atoms with Gasteiger partial charge in [-0.1, -0.05) is 6.07 Å². The molecule has 2 atom stereocenters. The number of guanidine groups is 1. The molecular formula is C18H31IN4OS2. The van der Waals surface area contributed by atoms with Crippen molar-refractivity contribution in [2.45, 2.75) is 31.1 Å². The zero-order valence-electron chi connectivity index (χ0n) is 15.5. The molecule has 148 valence electrons. The van der Waals surface area contributed by atoms with Crippen LogP contribution in [0.4, 0.5) is 0 Å². The van der Waals surface area contributed by atoms with Crippen molar-refractivity contribution in [2.75, 3.05) is 51.7 Å². The van der Waals surface area contributed by atoms with Crippen LogP contribution in [0, 0.1) is 0 Å². The van der Waals surface area contributed by atoms with E-state index in [0.717, 1.165) is 57.1 Å². The Morgan fingerprint density at radius 3 is 2.88 bits per heavy atom. The second-order valence-electron chi connectivity index (χ2n) is 6.42. The first-order chi connectivity index (χ1) is 12.4. The molecule has 0 spiro atoms. The number of thioether (sulfide) groups is 1. The molecule has 26 heavy (non-hydrogen) atoms. The minimum absolute atomic E-state index is 0. The van der Waals surface area contributed by atoms with Gasteiger partial charge in [0.2, 0.25) is 0 Å². The van der Waals surface area contributed by atoms with Crippen LogP contribution in [0.5, 0.6) is 0 Å². The van der Waals surface area contributed by atoms with Gasteiger partial charge >= 0.3 is 0 Å². The Morgan fingerprint density at radius 1 is 1.38 bits per heavy atom. The lowest BCUT2D eigenvalue weighted by Gasteiger charge is -2.33. The van der Waals surface area contributed by atoms with Crippen molar-refractivity contribution < 1.29 is 4.74 Å². The minimum atomic E-state index is 0. The molecule has 0 bridgehead atoms. The van der Waals surface area contributed by atoms with E-state index in [9.17, 15) is 0 Å². The highest BCUT2D eigenvalue weighted by Gasteiger charge is 2.23. The number of thiophene rings is 1. The predicted octanol–water partition coefficient (Wildman–Crippen LogP) is 3.19. The molecule has 0 amide bonds. The van der Waals surface area contributed by atoms with E-state index in [0.29, 0.717) is 6.04 Å². The zero-order valence-corrected chi connectivity index (χ0v) is 19.4. The third kappa shape index (κ3) is 6.85. The van der Waals surface area contributed by atoms with Crippen molar-refractivity contribution in [2.24, 2.45) is 4.99 Å². The SMILES string of the molecule is CCNC(=NCC(c1cccs1)N1CCOCC1)NCC1CCCS1.I. The van der Waals surface area contributed by atoms with Crippen molar-refractivity contribution in [1.82, 2.24) is 15.5 Å². The lowest BCUT2D eigenvalue weighted by molar-refractivity contribution is 0.0186. The van der Waals surface area contributed by atoms with Gasteiger partial charge in [-0.3, -0.25) is 9.89 Å². The summed E-state index contributed by atoms with van der Waals surface area (Å²) in [6.45, 7) is 8.43. The lowest BCUT2D eigenvalue weighted by atomic mass is 10.2. The van der Waals surface area contributed by atoms with E-state index in [1.165, 1.54) is 23.5 Å². The van der Waals surface area contributed by atoms with Gasteiger partial charge in [0.25, 0.3) is 0 Å². The van der Waals surface area contributed by atoms with Gasteiger partial charge < -0.3 is 15.4 Å². The number of nitrogens with one attached hydrogen (secondary N) is 2. The maximum atomic E-state index is 5.53. The van der Waals surface area contributed by atoms with Gasteiger partial charge in [-0.2, -0.15) is 11.8 Å². The number of aliphatic imine (C=N–C) groups is 1. The fourth-order valence-electron chi connectivity index (χ4n) is 3.29. The Balaban J connectivity index is 0.00000243. The average molecular weight is 511 g/mol. The molecular weight excluding hydrogens is 479 g/mol. The summed E-state index contributed by atoms with van der Waals surface area (Å²) in [6, 6.07) is 4.72. The summed E-state index contributed by atoms with van der Waals surface area (Å²) in [5, 5.41) is 9.84. The van der Waals surface area contributed by atoms with Crippen LogP contribution in [0.25, 0.3) is 0 Å². The van der Waals surface area contributed by atoms with Gasteiger partial charge in [-0.15, -0.1) is 35.3 Å². The number of nitrogens with zero attached hydrogens (tertiary/aromatic N) is 2. The molecule has 2 saturated heterocycles. The average Bonchev–Trinajstić information content (AvgIpc) is 3.35. The maximum Gasteiger partial charge on any atom is 0.191 e. The summed E-state index contributed by atoms with van der Waals surface area (Å²) in [4.78, 5) is 8.82. The first-order valence-electron chi connectivity index (χ1n) is 9.36. The fraction of sp³-hybridized carbons (Fsp3) is 0.722. The Morgan fingerprint density at radius 2 is 2.23 bits per heavy atom. The number of halogens is 1. The van der Waals surface area contributed by atoms with E-state index in [1.54, 1.807) is 0 Å². The van der Waals surface area contributed by atoms with Crippen LogP contribution in [0.15, 0.2) is 22.5 Å². The van der Waals surface area contributed by atoms with E-state index in [1.807, 2.05) is 11.3 Å². The molecule has 2 aliphatic heterocycles. The molecule has 2 aliphatic rings. The predicted molar refractivity (Wildman–Crippen MR) is 124 cm³/mol. The van der Waals surface area contributed by atoms with Gasteiger partial charge in [0.05, 0.1) is 25.8 Å². The first-order valence-corrected chi connectivity index (χ1v) is 11.3. The number of ether oxygens (including phenoxy) is 1. The Kier molecular flexibility index (Phi) is 10.6. The number of rotatable bonds is 7. The Bertz CT molecular complexity index is 517. The summed E-state index contributed by atoms with van der Waals surface area (Å²) >= 11 is 3.91. The highest BCUT2D eigenvalue weighted by molar-refractivity contribution is 14.0. The zero-order chi connectivity index (χ0) is 17.3. The molecule has 0 aromatic carbocycles. The smallest absolute Gasteiger partial charge is 0.191 e. The largest absolute Gasteiger partial charge is 0.379 e. The highest BCUT2D eigenvalue weighted by Crippen LogP contribution is 2.27. The molecule has 1 aromatic heterocycles. The van der Waals surface area contributed by atoms with Crippen molar-refractivity contribution in [1.29, 1.82) is 0 Å². The summed E-state index contributed by atoms with van der Waals surface area (Å²) in [5.74, 6) is 2.25. The van der Waals surface area contributed by atoms with Crippen molar-refractivity contribution in [3.05, 3.63) is 22.4 Å². The second-order valence-corrected chi connectivity index (χ2v) is 8.80. The number of hydrogen-bond acceptors (Lipinski definition) is 5. The van der Waals surface area contributed by atoms with Gasteiger partial charge in [0, 0.05) is 36.3 Å².